The maximum atomic E-state index is 4.70. The molecule has 106 valence electrons. The molecule has 0 saturated carbocycles. The van der Waals surface area contributed by atoms with Gasteiger partial charge in [0.2, 0.25) is 0 Å². The molecule has 0 aliphatic heterocycles. The molecule has 0 aliphatic rings. The van der Waals surface area contributed by atoms with E-state index in [4.69, 9.17) is 4.98 Å². The number of rotatable bonds is 5. The predicted molar refractivity (Wildman–Crippen MR) is 96.0 cm³/mol. The molecule has 0 unspecified atom stereocenters. The van der Waals surface area contributed by atoms with Crippen LogP contribution in [0.4, 0.5) is 5.82 Å². The number of nitrogens with zero attached hydrogens (tertiary/aromatic N) is 2. The van der Waals surface area contributed by atoms with Gasteiger partial charge in [-0.05, 0) is 41.5 Å². The Bertz CT molecular complexity index is 602. The van der Waals surface area contributed by atoms with E-state index in [1.165, 1.54) is 0 Å². The van der Waals surface area contributed by atoms with E-state index in [9.17, 15) is 0 Å². The Balaban J connectivity index is 2.51. The van der Waals surface area contributed by atoms with Crippen LogP contribution < -0.4 is 5.32 Å². The van der Waals surface area contributed by atoms with Gasteiger partial charge in [-0.25, -0.2) is 9.97 Å². The Morgan fingerprint density at radius 2 is 1.95 bits per heavy atom. The van der Waals surface area contributed by atoms with Gasteiger partial charge in [0, 0.05) is 16.6 Å². The summed E-state index contributed by atoms with van der Waals surface area (Å²) in [5.74, 6) is 1.71. The lowest BCUT2D eigenvalue weighted by Gasteiger charge is -2.12. The molecule has 20 heavy (non-hydrogen) atoms. The first-order chi connectivity index (χ1) is 9.67. The highest BCUT2D eigenvalue weighted by Gasteiger charge is 2.13. The van der Waals surface area contributed by atoms with Crippen LogP contribution in [0.1, 0.15) is 26.0 Å². The number of hydrogen-bond acceptors (Lipinski definition) is 3. The van der Waals surface area contributed by atoms with Crippen LogP contribution in [0.2, 0.25) is 0 Å². The van der Waals surface area contributed by atoms with E-state index in [1.54, 1.807) is 0 Å². The Kier molecular flexibility index (Phi) is 5.77. The van der Waals surface area contributed by atoms with Crippen LogP contribution in [0.3, 0.4) is 0 Å². The van der Waals surface area contributed by atoms with Crippen molar-refractivity contribution in [3.05, 3.63) is 38.0 Å². The van der Waals surface area contributed by atoms with Crippen molar-refractivity contribution in [1.29, 1.82) is 0 Å². The minimum absolute atomic E-state index is 0.772. The second-order valence-electron chi connectivity index (χ2n) is 4.42. The summed E-state index contributed by atoms with van der Waals surface area (Å²) in [4.78, 5) is 9.39. The molecule has 0 aliphatic carbocycles. The van der Waals surface area contributed by atoms with Gasteiger partial charge in [-0.1, -0.05) is 48.0 Å². The van der Waals surface area contributed by atoms with E-state index in [0.29, 0.717) is 0 Å². The lowest BCUT2D eigenvalue weighted by atomic mass is 10.2. The molecule has 1 N–H and O–H groups in total. The fraction of sp³-hybridized carbons (Fsp3) is 0.333. The summed E-state index contributed by atoms with van der Waals surface area (Å²) in [5, 5.41) is 3.39. The van der Waals surface area contributed by atoms with E-state index in [-0.39, 0.29) is 0 Å². The van der Waals surface area contributed by atoms with Crippen molar-refractivity contribution in [3.63, 3.8) is 0 Å². The van der Waals surface area contributed by atoms with Crippen molar-refractivity contribution in [2.75, 3.05) is 11.9 Å². The maximum Gasteiger partial charge on any atom is 0.162 e. The molecule has 1 aromatic carbocycles. The zero-order chi connectivity index (χ0) is 14.5. The molecule has 3 nitrogen and oxygen atoms in total. The van der Waals surface area contributed by atoms with Gasteiger partial charge >= 0.3 is 0 Å². The number of aryl methyl sites for hydroxylation is 1. The molecule has 0 spiro atoms. The minimum Gasteiger partial charge on any atom is -0.369 e. The number of aromatic nitrogens is 2. The van der Waals surface area contributed by atoms with Gasteiger partial charge in [-0.2, -0.15) is 0 Å². The molecule has 1 heterocycles. The van der Waals surface area contributed by atoms with Crippen LogP contribution in [-0.2, 0) is 6.42 Å². The Hall–Kier alpha value is -0.690. The molecule has 0 radical (unpaired) electrons. The standard InChI is InChI=1S/C15H17BrIN3/c1-3-9-18-15-13(17)12(4-2)19-14(20-15)10-7-5-6-8-11(10)16/h5-8H,3-4,9H2,1-2H3,(H,18,19,20). The number of hydrogen-bond donors (Lipinski definition) is 1. The minimum atomic E-state index is 0.772. The van der Waals surface area contributed by atoms with Crippen LogP contribution in [0.25, 0.3) is 11.4 Å². The highest BCUT2D eigenvalue weighted by Crippen LogP contribution is 2.29. The number of anilines is 1. The van der Waals surface area contributed by atoms with Crippen molar-refractivity contribution >= 4 is 44.3 Å². The summed E-state index contributed by atoms with van der Waals surface area (Å²) in [7, 11) is 0. The molecule has 5 heteroatoms. The fourth-order valence-corrected chi connectivity index (χ4v) is 3.13. The van der Waals surface area contributed by atoms with E-state index >= 15 is 0 Å². The third-order valence-corrected chi connectivity index (χ3v) is 4.74. The molecule has 1 aromatic heterocycles. The van der Waals surface area contributed by atoms with Gasteiger partial charge in [0.05, 0.1) is 9.26 Å². The number of benzene rings is 1. The number of nitrogens with one attached hydrogen (secondary N) is 1. The van der Waals surface area contributed by atoms with E-state index in [1.807, 2.05) is 24.3 Å². The fourth-order valence-electron chi connectivity index (χ4n) is 1.85. The van der Waals surface area contributed by atoms with Gasteiger partial charge in [0.25, 0.3) is 0 Å². The zero-order valence-electron chi connectivity index (χ0n) is 11.6. The summed E-state index contributed by atoms with van der Waals surface area (Å²) in [6.45, 7) is 5.19. The average Bonchev–Trinajstić information content (AvgIpc) is 2.47. The monoisotopic (exact) mass is 445 g/mol. The van der Waals surface area contributed by atoms with Crippen LogP contribution in [0.15, 0.2) is 28.7 Å². The summed E-state index contributed by atoms with van der Waals surface area (Å²) < 4.78 is 2.14. The van der Waals surface area contributed by atoms with Crippen molar-refractivity contribution in [3.8, 4) is 11.4 Å². The molecule has 0 amide bonds. The van der Waals surface area contributed by atoms with Crippen molar-refractivity contribution < 1.29 is 0 Å². The molecule has 2 rings (SSSR count). The summed E-state index contributed by atoms with van der Waals surface area (Å²) >= 11 is 5.90. The SMILES string of the molecule is CCCNc1nc(-c2ccccc2Br)nc(CC)c1I. The number of halogens is 2. The second-order valence-corrected chi connectivity index (χ2v) is 6.35. The zero-order valence-corrected chi connectivity index (χ0v) is 15.3. The van der Waals surface area contributed by atoms with Gasteiger partial charge in [-0.15, -0.1) is 0 Å². The quantitative estimate of drug-likeness (QED) is 0.665. The van der Waals surface area contributed by atoms with Gasteiger partial charge in [0.15, 0.2) is 5.82 Å². The van der Waals surface area contributed by atoms with E-state index in [0.717, 1.165) is 50.3 Å². The topological polar surface area (TPSA) is 37.8 Å². The van der Waals surface area contributed by atoms with E-state index < -0.39 is 0 Å². The summed E-state index contributed by atoms with van der Waals surface area (Å²) in [6.07, 6.45) is 1.98. The van der Waals surface area contributed by atoms with Crippen molar-refractivity contribution in [2.45, 2.75) is 26.7 Å². The summed E-state index contributed by atoms with van der Waals surface area (Å²) in [6, 6.07) is 8.06. The van der Waals surface area contributed by atoms with Gasteiger partial charge < -0.3 is 5.32 Å². The Morgan fingerprint density at radius 3 is 2.60 bits per heavy atom. The van der Waals surface area contributed by atoms with Gasteiger partial charge in [-0.3, -0.25) is 0 Å². The third-order valence-electron chi connectivity index (χ3n) is 2.91. The molecular formula is C15H17BrIN3. The lowest BCUT2D eigenvalue weighted by molar-refractivity contribution is 0.943. The molecule has 0 bridgehead atoms. The molecular weight excluding hydrogens is 429 g/mol. The summed E-state index contributed by atoms with van der Waals surface area (Å²) in [5.41, 5.74) is 2.11. The lowest BCUT2D eigenvalue weighted by Crippen LogP contribution is -2.09. The Morgan fingerprint density at radius 1 is 1.20 bits per heavy atom. The second kappa shape index (κ2) is 7.36. The molecule has 0 atom stereocenters. The van der Waals surface area contributed by atoms with Crippen molar-refractivity contribution in [1.82, 2.24) is 9.97 Å². The average molecular weight is 446 g/mol. The van der Waals surface area contributed by atoms with Gasteiger partial charge in [0.1, 0.15) is 5.82 Å². The first kappa shape index (κ1) is 15.7. The highest BCUT2D eigenvalue weighted by atomic mass is 127. The smallest absolute Gasteiger partial charge is 0.162 e. The normalized spacial score (nSPS) is 10.6. The van der Waals surface area contributed by atoms with Crippen LogP contribution in [0.5, 0.6) is 0 Å². The Labute approximate surface area is 141 Å². The van der Waals surface area contributed by atoms with Crippen molar-refractivity contribution in [2.24, 2.45) is 0 Å². The maximum absolute atomic E-state index is 4.70. The first-order valence-corrected chi connectivity index (χ1v) is 8.59. The van der Waals surface area contributed by atoms with Crippen LogP contribution in [0, 0.1) is 3.57 Å². The van der Waals surface area contributed by atoms with E-state index in [2.05, 4.69) is 62.7 Å². The largest absolute Gasteiger partial charge is 0.369 e. The molecule has 2 aromatic rings. The highest BCUT2D eigenvalue weighted by molar-refractivity contribution is 14.1. The van der Waals surface area contributed by atoms with Crippen LogP contribution in [-0.4, -0.2) is 16.5 Å². The predicted octanol–water partition coefficient (Wildman–Crippen LogP) is 4.90. The van der Waals surface area contributed by atoms with Crippen LogP contribution >= 0.6 is 38.5 Å². The first-order valence-electron chi connectivity index (χ1n) is 6.72. The molecule has 0 saturated heterocycles. The molecule has 0 fully saturated rings. The third kappa shape index (κ3) is 3.49.